The van der Waals surface area contributed by atoms with Crippen LogP contribution in [0.2, 0.25) is 0 Å². The zero-order valence-electron chi connectivity index (χ0n) is 28.2. The number of likely N-dealkylation sites (tertiary alicyclic amines) is 1. The predicted octanol–water partition coefficient (Wildman–Crippen LogP) is 6.41. The molecule has 1 N–H and O–H groups in total. The van der Waals surface area contributed by atoms with Crippen LogP contribution in [-0.4, -0.2) is 77.6 Å². The molecule has 4 aromatic rings. The Morgan fingerprint density at radius 1 is 1.15 bits per heavy atom. The molecule has 2 aromatic heterocycles. The van der Waals surface area contributed by atoms with Crippen LogP contribution in [0.1, 0.15) is 64.1 Å². The number of hydrogen-bond acceptors (Lipinski definition) is 8. The number of piperidine rings is 1. The van der Waals surface area contributed by atoms with E-state index in [-0.39, 0.29) is 29.1 Å². The molecule has 0 amide bonds. The van der Waals surface area contributed by atoms with Crippen LogP contribution in [0, 0.1) is 5.92 Å². The maximum absolute atomic E-state index is 12.5. The van der Waals surface area contributed by atoms with E-state index >= 15 is 0 Å². The van der Waals surface area contributed by atoms with E-state index in [0.717, 1.165) is 48.0 Å². The van der Waals surface area contributed by atoms with Crippen molar-refractivity contribution in [1.82, 2.24) is 14.5 Å². The van der Waals surface area contributed by atoms with Crippen molar-refractivity contribution in [3.8, 4) is 11.5 Å². The zero-order valence-corrected chi connectivity index (χ0v) is 29.8. The molecule has 48 heavy (non-hydrogen) atoms. The fraction of sp³-hybridized carbons (Fsp3) is 0.432. The number of halogens is 1. The van der Waals surface area contributed by atoms with Gasteiger partial charge in [-0.2, -0.15) is 0 Å². The van der Waals surface area contributed by atoms with Crippen molar-refractivity contribution in [2.75, 3.05) is 34.4 Å². The number of benzene rings is 2. The van der Waals surface area contributed by atoms with Gasteiger partial charge < -0.3 is 28.6 Å². The van der Waals surface area contributed by atoms with Gasteiger partial charge in [0.15, 0.2) is 0 Å². The van der Waals surface area contributed by atoms with E-state index in [4.69, 9.17) is 24.1 Å². The summed E-state index contributed by atoms with van der Waals surface area (Å²) in [5, 5.41) is 10.4. The van der Waals surface area contributed by atoms with Crippen molar-refractivity contribution in [1.29, 1.82) is 0 Å². The number of methoxy groups -OCH3 is 2. The summed E-state index contributed by atoms with van der Waals surface area (Å²) in [6.07, 6.45) is 8.82. The van der Waals surface area contributed by atoms with Gasteiger partial charge in [0.05, 0.1) is 19.3 Å². The molecule has 0 spiro atoms. The minimum atomic E-state index is -0.977. The first-order chi connectivity index (χ1) is 22.9. The van der Waals surface area contributed by atoms with Gasteiger partial charge in [-0.25, -0.2) is 9.59 Å². The van der Waals surface area contributed by atoms with E-state index < -0.39 is 11.6 Å². The molecule has 3 aliphatic rings. The lowest BCUT2D eigenvalue weighted by molar-refractivity contribution is -0.131. The first kappa shape index (κ1) is 34.0. The third-order valence-corrected chi connectivity index (χ3v) is 10.4. The van der Waals surface area contributed by atoms with Crippen LogP contribution in [0.15, 0.2) is 59.5 Å². The first-order valence-electron chi connectivity index (χ1n) is 16.1. The number of likely N-dealkylation sites (N-methyl/N-ethyl adjacent to an activating group) is 1. The van der Waals surface area contributed by atoms with Crippen molar-refractivity contribution in [3.05, 3.63) is 87.3 Å². The van der Waals surface area contributed by atoms with Crippen LogP contribution in [0.3, 0.4) is 0 Å². The van der Waals surface area contributed by atoms with Crippen molar-refractivity contribution in [2.24, 2.45) is 13.0 Å². The summed E-state index contributed by atoms with van der Waals surface area (Å²) in [5.41, 5.74) is 4.73. The Balaban J connectivity index is 0.000000200. The second-order valence-corrected chi connectivity index (χ2v) is 14.5. The number of ether oxygens (including phenoxy) is 4. The van der Waals surface area contributed by atoms with E-state index in [1.807, 2.05) is 21.0 Å². The van der Waals surface area contributed by atoms with Gasteiger partial charge in [0.1, 0.15) is 28.3 Å². The van der Waals surface area contributed by atoms with Gasteiger partial charge >= 0.3 is 11.9 Å². The average Bonchev–Trinajstić information content (AvgIpc) is 3.39. The number of fused-ring (bicyclic) bond motifs is 3. The van der Waals surface area contributed by atoms with Crippen molar-refractivity contribution >= 4 is 38.8 Å². The lowest BCUT2D eigenvalue weighted by Crippen LogP contribution is -2.59. The number of carboxylic acids is 1. The maximum atomic E-state index is 12.5. The lowest BCUT2D eigenvalue weighted by Gasteiger charge is -2.53. The topological polar surface area (TPSA) is 112 Å². The molecule has 2 aromatic carbocycles. The van der Waals surface area contributed by atoms with E-state index in [0.29, 0.717) is 17.9 Å². The highest BCUT2D eigenvalue weighted by atomic mass is 79.9. The molecule has 0 radical (unpaired) electrons. The van der Waals surface area contributed by atoms with Gasteiger partial charge in [0.25, 0.3) is 0 Å². The maximum Gasteiger partial charge on any atom is 0.339 e. The minimum Gasteiger partial charge on any atom is -0.495 e. The number of rotatable bonds is 6. The highest BCUT2D eigenvalue weighted by molar-refractivity contribution is 9.10. The summed E-state index contributed by atoms with van der Waals surface area (Å²) in [5.74, 6) is -0.00463. The van der Waals surface area contributed by atoms with Crippen molar-refractivity contribution < 1.29 is 33.6 Å². The van der Waals surface area contributed by atoms with Crippen LogP contribution in [0.25, 0.3) is 10.9 Å². The molecule has 3 atom stereocenters. The first-order valence-corrected chi connectivity index (χ1v) is 16.9. The van der Waals surface area contributed by atoms with E-state index in [2.05, 4.69) is 68.9 Å². The number of aromatic carboxylic acids is 1. The summed E-state index contributed by atoms with van der Waals surface area (Å²) in [4.78, 5) is 30.0. The molecule has 1 saturated heterocycles. The zero-order chi connectivity index (χ0) is 34.4. The Morgan fingerprint density at radius 3 is 2.65 bits per heavy atom. The number of carbonyl (C=O) groups is 2. The fourth-order valence-electron chi connectivity index (χ4n) is 7.74. The minimum absolute atomic E-state index is 0.172. The van der Waals surface area contributed by atoms with Gasteiger partial charge in [-0.3, -0.25) is 9.88 Å². The van der Waals surface area contributed by atoms with Crippen LogP contribution in [0.5, 0.6) is 11.5 Å². The van der Waals surface area contributed by atoms with Gasteiger partial charge in [0, 0.05) is 72.2 Å². The van der Waals surface area contributed by atoms with E-state index in [9.17, 15) is 9.59 Å². The number of nitrogens with zero attached hydrogens (tertiary/aromatic N) is 3. The third kappa shape index (κ3) is 6.19. The quantitative estimate of drug-likeness (QED) is 0.226. The van der Waals surface area contributed by atoms with Crippen molar-refractivity contribution in [3.63, 3.8) is 0 Å². The van der Waals surface area contributed by atoms with Gasteiger partial charge in [-0.05, 0) is 97.9 Å². The number of aryl methyl sites for hydroxylation is 1. The number of hydrogen-bond donors (Lipinski definition) is 1. The molecular weight excluding hydrogens is 678 g/mol. The van der Waals surface area contributed by atoms with Crippen molar-refractivity contribution in [2.45, 2.75) is 56.8 Å². The molecular formula is C37H42BrN3O7. The summed E-state index contributed by atoms with van der Waals surface area (Å²) >= 11 is 3.35. The highest BCUT2D eigenvalue weighted by Gasteiger charge is 2.52. The number of carbonyl (C=O) groups excluding carboxylic acids is 1. The normalized spacial score (nSPS) is 22.4. The molecule has 1 aliphatic carbocycles. The Labute approximate surface area is 289 Å². The average molecular weight is 721 g/mol. The summed E-state index contributed by atoms with van der Waals surface area (Å²) in [6.45, 7) is 5.25. The summed E-state index contributed by atoms with van der Waals surface area (Å²) in [7, 11) is 7.56. The van der Waals surface area contributed by atoms with Crippen LogP contribution < -0.4 is 9.47 Å². The molecule has 2 aliphatic heterocycles. The fourth-order valence-corrected chi connectivity index (χ4v) is 8.11. The molecule has 3 unspecified atom stereocenters. The third-order valence-electron chi connectivity index (χ3n) is 9.94. The number of aromatic nitrogens is 2. The Morgan fingerprint density at radius 2 is 1.94 bits per heavy atom. The van der Waals surface area contributed by atoms with Crippen LogP contribution >= 0.6 is 15.9 Å². The van der Waals surface area contributed by atoms with Gasteiger partial charge in [-0.1, -0.05) is 12.1 Å². The second kappa shape index (κ2) is 13.2. The molecule has 10 nitrogen and oxygen atoms in total. The monoisotopic (exact) mass is 719 g/mol. The Kier molecular flexibility index (Phi) is 9.32. The standard InChI is InChI=1S/C24H26BrN3O3.C13H16O4/c1-27-13-17-8-21-24(30-3,19-5-4-6-20(27)22(17)19)9-15(12-28(21)2)14-31-23(29)16-7-18(25)11-26-10-16;1-13(2)7-6-8-10(17-13)5-4-9(12(14)15)11(8)16-3/h4-7,10-11,13,15,21H,8-9,12,14H2,1-3H3;4-5H,6-7H2,1-3H3,(H,14,15). The molecule has 1 fully saturated rings. The van der Waals surface area contributed by atoms with E-state index in [1.165, 1.54) is 41.4 Å². The molecule has 254 valence electrons. The molecule has 0 saturated carbocycles. The molecule has 11 heteroatoms. The number of pyridine rings is 1. The molecule has 4 heterocycles. The highest BCUT2D eigenvalue weighted by Crippen LogP contribution is 2.49. The second-order valence-electron chi connectivity index (χ2n) is 13.6. The lowest BCUT2D eigenvalue weighted by atomic mass is 9.69. The Hall–Kier alpha value is -3.93. The van der Waals surface area contributed by atoms with Crippen LogP contribution in [0.4, 0.5) is 0 Å². The molecule has 7 rings (SSSR count). The van der Waals surface area contributed by atoms with Gasteiger partial charge in [-0.15, -0.1) is 0 Å². The largest absolute Gasteiger partial charge is 0.495 e. The number of esters is 1. The number of carboxylic acid groups (broad SMARTS) is 1. The predicted molar refractivity (Wildman–Crippen MR) is 185 cm³/mol. The summed E-state index contributed by atoms with van der Waals surface area (Å²) in [6, 6.07) is 11.7. The smallest absolute Gasteiger partial charge is 0.339 e. The van der Waals surface area contributed by atoms with E-state index in [1.54, 1.807) is 18.3 Å². The Bertz CT molecular complexity index is 1870. The van der Waals surface area contributed by atoms with Gasteiger partial charge in [0.2, 0.25) is 0 Å². The summed E-state index contributed by atoms with van der Waals surface area (Å²) < 4.78 is 26.0. The molecule has 0 bridgehead atoms. The SMILES string of the molecule is COC12CC(COC(=O)c3cncc(Br)c3)CN(C)C1Cc1cn(C)c3cccc2c13.COc1c(C(=O)O)ccc2c1CCC(C)(C)O2. The van der Waals surface area contributed by atoms with Crippen LogP contribution in [-0.2, 0) is 35.0 Å².